The summed E-state index contributed by atoms with van der Waals surface area (Å²) in [7, 11) is -0.753. The van der Waals surface area contributed by atoms with E-state index in [4.69, 9.17) is 11.6 Å². The second kappa shape index (κ2) is 5.97. The van der Waals surface area contributed by atoms with E-state index in [9.17, 15) is 4.21 Å². The summed E-state index contributed by atoms with van der Waals surface area (Å²) in [5, 5.41) is 3.73. The van der Waals surface area contributed by atoms with Gasteiger partial charge in [0, 0.05) is 40.3 Å². The van der Waals surface area contributed by atoms with Gasteiger partial charge in [-0.2, -0.15) is 0 Å². The molecule has 1 aromatic heterocycles. The first-order valence-corrected chi connectivity index (χ1v) is 8.11. The highest BCUT2D eigenvalue weighted by molar-refractivity contribution is 7.84. The van der Waals surface area contributed by atoms with Crippen molar-refractivity contribution in [1.29, 1.82) is 0 Å². The van der Waals surface area contributed by atoms with E-state index < -0.39 is 10.8 Å². The largest absolute Gasteiger partial charge is 0.369 e. The molecule has 0 aliphatic heterocycles. The van der Waals surface area contributed by atoms with Crippen LogP contribution in [0, 0.1) is 6.92 Å². The van der Waals surface area contributed by atoms with Crippen molar-refractivity contribution in [2.45, 2.75) is 32.6 Å². The molecule has 6 heteroatoms. The van der Waals surface area contributed by atoms with E-state index >= 15 is 0 Å². The normalized spacial score (nSPS) is 16.6. The van der Waals surface area contributed by atoms with Crippen molar-refractivity contribution in [2.24, 2.45) is 0 Å². The van der Waals surface area contributed by atoms with Crippen molar-refractivity contribution in [3.05, 3.63) is 16.5 Å². The molecule has 1 aliphatic rings. The number of aromatic nitrogens is 2. The molecule has 4 nitrogen and oxygen atoms in total. The highest BCUT2D eigenvalue weighted by Gasteiger charge is 2.27. The molecule has 1 saturated carbocycles. The van der Waals surface area contributed by atoms with Gasteiger partial charge in [0.2, 0.25) is 0 Å². The topological polar surface area (TPSA) is 54.9 Å². The van der Waals surface area contributed by atoms with E-state index in [0.29, 0.717) is 29.1 Å². The summed E-state index contributed by atoms with van der Waals surface area (Å²) in [5.74, 6) is 3.43. The number of rotatable bonds is 6. The lowest BCUT2D eigenvalue weighted by atomic mass is 10.3. The van der Waals surface area contributed by atoms with Gasteiger partial charge in [-0.1, -0.05) is 18.5 Å². The fourth-order valence-corrected chi connectivity index (χ4v) is 2.42. The van der Waals surface area contributed by atoms with Crippen LogP contribution in [0.3, 0.4) is 0 Å². The SMILES string of the molecule is CCS(=O)CCNc1nc(C2CC2)nc(Cl)c1C. The molecule has 0 spiro atoms. The second-order valence-corrected chi connectivity index (χ2v) is 6.70. The highest BCUT2D eigenvalue weighted by Crippen LogP contribution is 2.39. The Morgan fingerprint density at radius 3 is 2.78 bits per heavy atom. The maximum atomic E-state index is 11.4. The van der Waals surface area contributed by atoms with E-state index in [0.717, 1.165) is 30.0 Å². The van der Waals surface area contributed by atoms with Gasteiger partial charge in [-0.15, -0.1) is 0 Å². The quantitative estimate of drug-likeness (QED) is 0.817. The fraction of sp³-hybridized carbons (Fsp3) is 0.667. The summed E-state index contributed by atoms with van der Waals surface area (Å²) in [5.41, 5.74) is 0.864. The molecule has 0 saturated heterocycles. The first kappa shape index (κ1) is 13.7. The minimum absolute atomic E-state index is 0.480. The van der Waals surface area contributed by atoms with Crippen LogP contribution >= 0.6 is 11.6 Å². The Hall–Kier alpha value is -0.680. The molecule has 1 heterocycles. The first-order valence-electron chi connectivity index (χ1n) is 6.24. The summed E-state index contributed by atoms with van der Waals surface area (Å²) in [6.45, 7) is 4.48. The average molecular weight is 288 g/mol. The Bertz CT molecular complexity index is 463. The number of hydrogen-bond donors (Lipinski definition) is 1. The van der Waals surface area contributed by atoms with Gasteiger partial charge in [0.05, 0.1) is 0 Å². The molecule has 1 aliphatic carbocycles. The van der Waals surface area contributed by atoms with E-state index in [1.807, 2.05) is 13.8 Å². The lowest BCUT2D eigenvalue weighted by Crippen LogP contribution is -2.14. The van der Waals surface area contributed by atoms with Gasteiger partial charge in [-0.25, -0.2) is 9.97 Å². The van der Waals surface area contributed by atoms with Crippen LogP contribution in [-0.4, -0.2) is 32.2 Å². The van der Waals surface area contributed by atoms with E-state index in [2.05, 4.69) is 15.3 Å². The van der Waals surface area contributed by atoms with Crippen LogP contribution in [0.25, 0.3) is 0 Å². The molecule has 1 atom stereocenters. The summed E-state index contributed by atoms with van der Waals surface area (Å²) >= 11 is 6.11. The molecular weight excluding hydrogens is 270 g/mol. The smallest absolute Gasteiger partial charge is 0.137 e. The lowest BCUT2D eigenvalue weighted by molar-refractivity contribution is 0.684. The Kier molecular flexibility index (Phi) is 4.56. The molecule has 18 heavy (non-hydrogen) atoms. The zero-order valence-electron chi connectivity index (χ0n) is 10.7. The third-order valence-electron chi connectivity index (χ3n) is 2.99. The Labute approximate surface area is 115 Å². The Balaban J connectivity index is 2.04. The Morgan fingerprint density at radius 2 is 2.17 bits per heavy atom. The molecule has 2 rings (SSSR count). The van der Waals surface area contributed by atoms with Crippen LogP contribution in [0.1, 0.15) is 37.1 Å². The van der Waals surface area contributed by atoms with Crippen LogP contribution in [0.5, 0.6) is 0 Å². The predicted molar refractivity (Wildman–Crippen MR) is 75.8 cm³/mol. The van der Waals surface area contributed by atoms with Gasteiger partial charge in [0.15, 0.2) is 0 Å². The maximum absolute atomic E-state index is 11.4. The molecule has 1 fully saturated rings. The number of anilines is 1. The summed E-state index contributed by atoms with van der Waals surface area (Å²) in [6.07, 6.45) is 2.30. The van der Waals surface area contributed by atoms with Gasteiger partial charge < -0.3 is 5.32 Å². The van der Waals surface area contributed by atoms with Crippen LogP contribution in [-0.2, 0) is 10.8 Å². The van der Waals surface area contributed by atoms with E-state index in [1.54, 1.807) is 0 Å². The van der Waals surface area contributed by atoms with E-state index in [-0.39, 0.29) is 0 Å². The van der Waals surface area contributed by atoms with Crippen molar-refractivity contribution in [2.75, 3.05) is 23.4 Å². The predicted octanol–water partition coefficient (Wildman–Crippen LogP) is 2.50. The third-order valence-corrected chi connectivity index (χ3v) is 4.66. The zero-order chi connectivity index (χ0) is 13.1. The van der Waals surface area contributed by atoms with Crippen LogP contribution < -0.4 is 5.32 Å². The van der Waals surface area contributed by atoms with Gasteiger partial charge in [0.25, 0.3) is 0 Å². The summed E-state index contributed by atoms with van der Waals surface area (Å²) < 4.78 is 11.4. The number of nitrogens with zero attached hydrogens (tertiary/aromatic N) is 2. The first-order chi connectivity index (χ1) is 8.61. The average Bonchev–Trinajstić information content (AvgIpc) is 3.18. The van der Waals surface area contributed by atoms with Crippen molar-refractivity contribution < 1.29 is 4.21 Å². The van der Waals surface area contributed by atoms with Gasteiger partial charge in [-0.05, 0) is 19.8 Å². The molecule has 0 amide bonds. The molecule has 1 unspecified atom stereocenters. The van der Waals surface area contributed by atoms with Gasteiger partial charge in [-0.3, -0.25) is 4.21 Å². The third kappa shape index (κ3) is 3.42. The molecule has 1 N–H and O–H groups in total. The minimum Gasteiger partial charge on any atom is -0.369 e. The van der Waals surface area contributed by atoms with Crippen molar-refractivity contribution in [3.8, 4) is 0 Å². The van der Waals surface area contributed by atoms with Crippen molar-refractivity contribution in [1.82, 2.24) is 9.97 Å². The summed E-state index contributed by atoms with van der Waals surface area (Å²) in [6, 6.07) is 0. The van der Waals surface area contributed by atoms with Crippen molar-refractivity contribution >= 4 is 28.2 Å². The van der Waals surface area contributed by atoms with E-state index in [1.165, 1.54) is 0 Å². The maximum Gasteiger partial charge on any atom is 0.137 e. The van der Waals surface area contributed by atoms with Crippen LogP contribution in [0.4, 0.5) is 5.82 Å². The number of halogens is 1. The zero-order valence-corrected chi connectivity index (χ0v) is 12.3. The second-order valence-electron chi connectivity index (χ2n) is 4.48. The molecule has 1 aromatic rings. The lowest BCUT2D eigenvalue weighted by Gasteiger charge is -2.10. The fourth-order valence-electron chi connectivity index (χ4n) is 1.63. The van der Waals surface area contributed by atoms with Crippen LogP contribution in [0.15, 0.2) is 0 Å². The molecule has 100 valence electrons. The van der Waals surface area contributed by atoms with Crippen LogP contribution in [0.2, 0.25) is 5.15 Å². The highest BCUT2D eigenvalue weighted by atomic mass is 35.5. The monoisotopic (exact) mass is 287 g/mol. The van der Waals surface area contributed by atoms with Crippen molar-refractivity contribution in [3.63, 3.8) is 0 Å². The minimum atomic E-state index is -0.753. The number of hydrogen-bond acceptors (Lipinski definition) is 4. The molecule has 0 aromatic carbocycles. The Morgan fingerprint density at radius 1 is 1.44 bits per heavy atom. The summed E-state index contributed by atoms with van der Waals surface area (Å²) in [4.78, 5) is 8.82. The molecule has 0 radical (unpaired) electrons. The standard InChI is InChI=1S/C12H18ClN3OS/c1-3-18(17)7-6-14-11-8(2)10(13)15-12(16-11)9-4-5-9/h9H,3-7H2,1-2H3,(H,14,15,16). The van der Waals surface area contributed by atoms with Gasteiger partial charge >= 0.3 is 0 Å². The number of nitrogens with one attached hydrogen (secondary N) is 1. The van der Waals surface area contributed by atoms with Gasteiger partial charge in [0.1, 0.15) is 16.8 Å². The molecule has 0 bridgehead atoms. The molecular formula is C12H18ClN3OS.